The third kappa shape index (κ3) is 3.90. The molecule has 0 unspecified atom stereocenters. The number of carbonyl (C=O) groups excluding carboxylic acids is 2. The summed E-state index contributed by atoms with van der Waals surface area (Å²) in [5.74, 6) is -1.27. The van der Waals surface area contributed by atoms with E-state index in [1.807, 2.05) is 5.38 Å². The van der Waals surface area contributed by atoms with Gasteiger partial charge < -0.3 is 14.2 Å². The monoisotopic (exact) mass is 321 g/mol. The fourth-order valence-electron chi connectivity index (χ4n) is 1.76. The Morgan fingerprint density at radius 1 is 1.23 bits per heavy atom. The largest absolute Gasteiger partial charge is 0.466 e. The quantitative estimate of drug-likeness (QED) is 0.759. The summed E-state index contributed by atoms with van der Waals surface area (Å²) in [7, 11) is 2.63. The summed E-state index contributed by atoms with van der Waals surface area (Å²) in [5, 5.41) is 1.92. The van der Waals surface area contributed by atoms with Crippen molar-refractivity contribution in [2.75, 3.05) is 20.8 Å². The lowest BCUT2D eigenvalue weighted by molar-refractivity contribution is -0.153. The fraction of sp³-hybridized carbons (Fsp3) is 0.267. The van der Waals surface area contributed by atoms with Crippen LogP contribution in [0.1, 0.15) is 10.4 Å². The highest BCUT2D eigenvalue weighted by molar-refractivity contribution is 7.07. The molecule has 0 aliphatic carbocycles. The van der Waals surface area contributed by atoms with Gasteiger partial charge in [0.05, 0.1) is 30.5 Å². The lowest BCUT2D eigenvalue weighted by Gasteiger charge is -2.14. The summed E-state index contributed by atoms with van der Waals surface area (Å²) in [5.41, 5.74) is 3.82. The molecule has 0 saturated carbocycles. The van der Waals surface area contributed by atoms with E-state index in [0.29, 0.717) is 5.56 Å². The number of rotatable bonds is 6. The van der Waals surface area contributed by atoms with Gasteiger partial charge in [-0.25, -0.2) is 14.6 Å². The van der Waals surface area contributed by atoms with Gasteiger partial charge in [0.1, 0.15) is 0 Å². The first-order valence-electron chi connectivity index (χ1n) is 6.42. The van der Waals surface area contributed by atoms with Crippen molar-refractivity contribution in [3.05, 3.63) is 40.7 Å². The van der Waals surface area contributed by atoms with Crippen LogP contribution in [0.3, 0.4) is 0 Å². The Hall–Kier alpha value is -2.25. The van der Waals surface area contributed by atoms with Crippen LogP contribution in [-0.4, -0.2) is 43.9 Å². The number of methoxy groups -OCH3 is 2. The van der Waals surface area contributed by atoms with Crippen LogP contribution in [0.2, 0.25) is 0 Å². The first kappa shape index (κ1) is 16.1. The third-order valence-electron chi connectivity index (χ3n) is 2.88. The molecular weight excluding hydrogens is 306 g/mol. The van der Waals surface area contributed by atoms with E-state index < -0.39 is 18.0 Å². The normalized spacial score (nSPS) is 11.7. The Kier molecular flexibility index (Phi) is 5.62. The standard InChI is InChI=1S/C15H15NO5S/c1-19-7-13(15(18)20-2)21-14(17)11-5-3-10(4-6-11)12-8-22-9-16-12/h3-6,8-9,13H,7H2,1-2H3/t13-/m0/s1. The Balaban J connectivity index is 2.07. The van der Waals surface area contributed by atoms with Crippen molar-refractivity contribution < 1.29 is 23.8 Å². The van der Waals surface area contributed by atoms with Crippen LogP contribution in [0.4, 0.5) is 0 Å². The van der Waals surface area contributed by atoms with Gasteiger partial charge >= 0.3 is 11.9 Å². The van der Waals surface area contributed by atoms with Gasteiger partial charge in [0.25, 0.3) is 0 Å². The number of aromatic nitrogens is 1. The van der Waals surface area contributed by atoms with Gasteiger partial charge in [-0.05, 0) is 12.1 Å². The molecule has 0 saturated heterocycles. The highest BCUT2D eigenvalue weighted by Crippen LogP contribution is 2.19. The second-order valence-corrected chi connectivity index (χ2v) is 5.04. The van der Waals surface area contributed by atoms with Crippen LogP contribution >= 0.6 is 11.3 Å². The first-order chi connectivity index (χ1) is 10.7. The molecule has 2 rings (SSSR count). The minimum absolute atomic E-state index is 0.0602. The lowest BCUT2D eigenvalue weighted by Crippen LogP contribution is -2.32. The van der Waals surface area contributed by atoms with E-state index >= 15 is 0 Å². The van der Waals surface area contributed by atoms with Crippen LogP contribution in [0.15, 0.2) is 35.2 Å². The number of ether oxygens (including phenoxy) is 3. The van der Waals surface area contributed by atoms with Gasteiger partial charge in [-0.2, -0.15) is 0 Å². The zero-order valence-electron chi connectivity index (χ0n) is 12.1. The van der Waals surface area contributed by atoms with Gasteiger partial charge in [0, 0.05) is 18.1 Å². The molecule has 22 heavy (non-hydrogen) atoms. The topological polar surface area (TPSA) is 74.7 Å². The molecule has 0 aliphatic heterocycles. The predicted octanol–water partition coefficient (Wildman–Crippen LogP) is 2.15. The second-order valence-electron chi connectivity index (χ2n) is 4.32. The Morgan fingerprint density at radius 2 is 1.95 bits per heavy atom. The van der Waals surface area contributed by atoms with Crippen molar-refractivity contribution in [2.24, 2.45) is 0 Å². The fourth-order valence-corrected chi connectivity index (χ4v) is 2.32. The minimum atomic E-state index is -1.08. The molecule has 1 aromatic heterocycles. The minimum Gasteiger partial charge on any atom is -0.466 e. The smallest absolute Gasteiger partial charge is 0.349 e. The van der Waals surface area contributed by atoms with Crippen molar-refractivity contribution in [2.45, 2.75) is 6.10 Å². The van der Waals surface area contributed by atoms with Gasteiger partial charge in [-0.15, -0.1) is 11.3 Å². The number of thiazole rings is 1. The molecule has 7 heteroatoms. The number of nitrogens with zero attached hydrogens (tertiary/aromatic N) is 1. The SMILES string of the molecule is COC[C@H](OC(=O)c1ccc(-c2cscn2)cc1)C(=O)OC. The predicted molar refractivity (Wildman–Crippen MR) is 80.6 cm³/mol. The van der Waals surface area contributed by atoms with Gasteiger partial charge in [-0.1, -0.05) is 12.1 Å². The van der Waals surface area contributed by atoms with Crippen molar-refractivity contribution in [1.82, 2.24) is 4.98 Å². The van der Waals surface area contributed by atoms with Crippen molar-refractivity contribution in [3.63, 3.8) is 0 Å². The van der Waals surface area contributed by atoms with Crippen LogP contribution in [0.5, 0.6) is 0 Å². The highest BCUT2D eigenvalue weighted by atomic mass is 32.1. The van der Waals surface area contributed by atoms with Crippen LogP contribution < -0.4 is 0 Å². The zero-order valence-corrected chi connectivity index (χ0v) is 13.0. The lowest BCUT2D eigenvalue weighted by atomic mass is 10.1. The number of esters is 2. The molecule has 6 nitrogen and oxygen atoms in total. The molecule has 0 fully saturated rings. The van der Waals surface area contributed by atoms with E-state index in [1.165, 1.54) is 25.6 Å². The average molecular weight is 321 g/mol. The van der Waals surface area contributed by atoms with Gasteiger partial charge in [0.2, 0.25) is 6.10 Å². The summed E-state index contributed by atoms with van der Waals surface area (Å²) >= 11 is 1.50. The molecule has 0 amide bonds. The van der Waals surface area contributed by atoms with Crippen LogP contribution in [0.25, 0.3) is 11.3 Å². The molecule has 0 N–H and O–H groups in total. The highest BCUT2D eigenvalue weighted by Gasteiger charge is 2.24. The first-order valence-corrected chi connectivity index (χ1v) is 7.36. The van der Waals surface area contributed by atoms with Crippen molar-refractivity contribution >= 4 is 23.3 Å². The molecule has 0 spiro atoms. The van der Waals surface area contributed by atoms with E-state index in [4.69, 9.17) is 9.47 Å². The van der Waals surface area contributed by atoms with Crippen molar-refractivity contribution in [3.8, 4) is 11.3 Å². The summed E-state index contributed by atoms with van der Waals surface area (Å²) in [6.45, 7) is -0.0602. The number of carbonyl (C=O) groups is 2. The molecule has 1 heterocycles. The van der Waals surface area contributed by atoms with E-state index in [9.17, 15) is 9.59 Å². The molecule has 1 aromatic carbocycles. The Bertz CT molecular complexity index is 624. The molecule has 1 atom stereocenters. The molecular formula is C15H15NO5S. The molecule has 0 radical (unpaired) electrons. The Labute approximate surface area is 131 Å². The van der Waals surface area contributed by atoms with Crippen molar-refractivity contribution in [1.29, 1.82) is 0 Å². The summed E-state index contributed by atoms with van der Waals surface area (Å²) in [6, 6.07) is 6.79. The third-order valence-corrected chi connectivity index (χ3v) is 3.47. The maximum Gasteiger partial charge on any atom is 0.349 e. The second kappa shape index (κ2) is 7.67. The average Bonchev–Trinajstić information content (AvgIpc) is 3.08. The summed E-state index contributed by atoms with van der Waals surface area (Å²) in [6.07, 6.45) is -1.08. The maximum absolute atomic E-state index is 12.0. The number of benzene rings is 1. The van der Waals surface area contributed by atoms with Gasteiger partial charge in [-0.3, -0.25) is 0 Å². The summed E-state index contributed by atoms with van der Waals surface area (Å²) < 4.78 is 14.5. The van der Waals surface area contributed by atoms with Gasteiger partial charge in [0.15, 0.2) is 0 Å². The van der Waals surface area contributed by atoms with E-state index in [-0.39, 0.29) is 6.61 Å². The molecule has 0 bridgehead atoms. The van der Waals surface area contributed by atoms with E-state index in [2.05, 4.69) is 9.72 Å². The Morgan fingerprint density at radius 3 is 2.50 bits per heavy atom. The maximum atomic E-state index is 12.0. The number of hydrogen-bond acceptors (Lipinski definition) is 7. The zero-order chi connectivity index (χ0) is 15.9. The van der Waals surface area contributed by atoms with E-state index in [0.717, 1.165) is 11.3 Å². The number of hydrogen-bond donors (Lipinski definition) is 0. The van der Waals surface area contributed by atoms with Crippen LogP contribution in [0, 0.1) is 0 Å². The molecule has 0 aliphatic rings. The van der Waals surface area contributed by atoms with E-state index in [1.54, 1.807) is 29.8 Å². The van der Waals surface area contributed by atoms with Crippen LogP contribution in [-0.2, 0) is 19.0 Å². The molecule has 2 aromatic rings. The summed E-state index contributed by atoms with van der Waals surface area (Å²) in [4.78, 5) is 27.7. The molecule has 116 valence electrons.